The van der Waals surface area contributed by atoms with Crippen LogP contribution in [0.2, 0.25) is 0 Å². The maximum Gasteiger partial charge on any atom is 0.262 e. The topological polar surface area (TPSA) is 81.3 Å². The third-order valence-electron chi connectivity index (χ3n) is 5.55. The minimum Gasteiger partial charge on any atom is -0.350 e. The van der Waals surface area contributed by atoms with E-state index in [0.29, 0.717) is 39.7 Å². The summed E-state index contributed by atoms with van der Waals surface area (Å²) in [4.78, 5) is 25.9. The molecule has 0 spiro atoms. The van der Waals surface area contributed by atoms with Crippen LogP contribution in [0.4, 0.5) is 4.39 Å². The lowest BCUT2D eigenvalue weighted by Crippen LogP contribution is -2.32. The average Bonchev–Trinajstić information content (AvgIpc) is 3.25. The van der Waals surface area contributed by atoms with E-state index < -0.39 is 0 Å². The molecule has 33 heavy (non-hydrogen) atoms. The number of hydrogen-bond acceptors (Lipinski definition) is 5. The molecule has 0 fully saturated rings. The van der Waals surface area contributed by atoms with Crippen LogP contribution in [-0.2, 0) is 12.3 Å². The summed E-state index contributed by atoms with van der Waals surface area (Å²) in [7, 11) is 0. The molecule has 0 saturated carbocycles. The molecule has 7 nitrogen and oxygen atoms in total. The number of amides is 1. The van der Waals surface area contributed by atoms with E-state index in [9.17, 15) is 14.0 Å². The number of nitrogens with zero attached hydrogens (tertiary/aromatic N) is 4. The second-order valence-electron chi connectivity index (χ2n) is 8.00. The van der Waals surface area contributed by atoms with Gasteiger partial charge in [-0.2, -0.15) is 0 Å². The fourth-order valence-corrected chi connectivity index (χ4v) is 4.48. The van der Waals surface area contributed by atoms with Gasteiger partial charge < -0.3 is 5.32 Å². The molecule has 4 aromatic rings. The Morgan fingerprint density at radius 3 is 2.61 bits per heavy atom. The molecule has 2 aromatic heterocycles. The second-order valence-corrected chi connectivity index (χ2v) is 8.95. The second kappa shape index (κ2) is 9.74. The lowest BCUT2D eigenvalue weighted by Gasteiger charge is -2.14. The maximum atomic E-state index is 13.2. The Labute approximate surface area is 195 Å². The van der Waals surface area contributed by atoms with Crippen molar-refractivity contribution in [1.82, 2.24) is 24.5 Å². The zero-order chi connectivity index (χ0) is 23.5. The molecule has 1 amide bonds. The smallest absolute Gasteiger partial charge is 0.262 e. The van der Waals surface area contributed by atoms with Crippen LogP contribution in [0.5, 0.6) is 0 Å². The van der Waals surface area contributed by atoms with E-state index in [1.807, 2.05) is 25.2 Å². The molecule has 1 unspecified atom stereocenters. The predicted octanol–water partition coefficient (Wildman–Crippen LogP) is 4.41. The molecule has 0 radical (unpaired) electrons. The number of aryl methyl sites for hydroxylation is 1. The number of rotatable bonds is 8. The van der Waals surface area contributed by atoms with Crippen LogP contribution in [0.3, 0.4) is 0 Å². The summed E-state index contributed by atoms with van der Waals surface area (Å²) in [5.41, 5.74) is 1.85. The first-order valence-corrected chi connectivity index (χ1v) is 12.0. The van der Waals surface area contributed by atoms with Crippen LogP contribution in [0, 0.1) is 5.82 Å². The fourth-order valence-electron chi connectivity index (χ4n) is 3.58. The zero-order valence-electron chi connectivity index (χ0n) is 18.8. The van der Waals surface area contributed by atoms with E-state index in [-0.39, 0.29) is 23.3 Å². The van der Waals surface area contributed by atoms with Gasteiger partial charge >= 0.3 is 0 Å². The van der Waals surface area contributed by atoms with E-state index in [1.165, 1.54) is 23.9 Å². The highest BCUT2D eigenvalue weighted by Gasteiger charge is 2.19. The number of fused-ring (bicyclic) bond motifs is 3. The van der Waals surface area contributed by atoms with Crippen molar-refractivity contribution in [3.63, 3.8) is 0 Å². The molecule has 2 aromatic carbocycles. The van der Waals surface area contributed by atoms with Crippen molar-refractivity contribution in [1.29, 1.82) is 0 Å². The van der Waals surface area contributed by atoms with Crippen LogP contribution in [0.1, 0.15) is 49.5 Å². The monoisotopic (exact) mass is 467 g/mol. The van der Waals surface area contributed by atoms with Crippen molar-refractivity contribution in [3.8, 4) is 0 Å². The third kappa shape index (κ3) is 4.64. The Hall–Kier alpha value is -3.20. The highest BCUT2D eigenvalue weighted by molar-refractivity contribution is 7.98. The molecule has 0 bridgehead atoms. The largest absolute Gasteiger partial charge is 0.350 e. The van der Waals surface area contributed by atoms with E-state index in [1.54, 1.807) is 34.9 Å². The number of thioether (sulfide) groups is 1. The lowest BCUT2D eigenvalue weighted by molar-refractivity contribution is 0.0939. The number of carbonyl (C=O) groups excluding carboxylic acids is 1. The SMILES string of the molecule is CCCn1c(=O)c2ccc(C(=O)NC(C)CC)cc2n2c(SCc3ccc(F)cc3)nnc12. The van der Waals surface area contributed by atoms with Crippen molar-refractivity contribution in [2.45, 2.75) is 57.1 Å². The minimum absolute atomic E-state index is 0.0440. The first kappa shape index (κ1) is 23.0. The van der Waals surface area contributed by atoms with E-state index >= 15 is 0 Å². The quantitative estimate of drug-likeness (QED) is 0.388. The number of hydrogen-bond donors (Lipinski definition) is 1. The molecule has 0 aliphatic rings. The molecular weight excluding hydrogens is 441 g/mol. The first-order chi connectivity index (χ1) is 15.9. The van der Waals surface area contributed by atoms with Crippen molar-refractivity contribution in [3.05, 3.63) is 69.8 Å². The predicted molar refractivity (Wildman–Crippen MR) is 128 cm³/mol. The summed E-state index contributed by atoms with van der Waals surface area (Å²) in [6.07, 6.45) is 1.59. The van der Waals surface area contributed by atoms with Crippen molar-refractivity contribution in [2.75, 3.05) is 0 Å². The van der Waals surface area contributed by atoms with Gasteiger partial charge in [0.1, 0.15) is 5.82 Å². The van der Waals surface area contributed by atoms with Crippen LogP contribution < -0.4 is 10.9 Å². The molecule has 1 N–H and O–H groups in total. The molecule has 1 atom stereocenters. The number of aromatic nitrogens is 4. The molecule has 4 rings (SSSR count). The minimum atomic E-state index is -0.283. The molecule has 0 saturated heterocycles. The van der Waals surface area contributed by atoms with Crippen molar-refractivity contribution >= 4 is 34.3 Å². The summed E-state index contributed by atoms with van der Waals surface area (Å²) in [6, 6.07) is 11.5. The van der Waals surface area contributed by atoms with Gasteiger partial charge in [0.25, 0.3) is 11.5 Å². The summed E-state index contributed by atoms with van der Waals surface area (Å²) in [5, 5.41) is 12.7. The lowest BCUT2D eigenvalue weighted by atomic mass is 10.1. The van der Waals surface area contributed by atoms with E-state index in [4.69, 9.17) is 0 Å². The first-order valence-electron chi connectivity index (χ1n) is 11.0. The Morgan fingerprint density at radius 2 is 1.91 bits per heavy atom. The number of benzene rings is 2. The molecule has 172 valence electrons. The molecule has 0 aliphatic carbocycles. The fraction of sp³-hybridized carbons (Fsp3) is 0.333. The van der Waals surface area contributed by atoms with Gasteiger partial charge in [-0.25, -0.2) is 4.39 Å². The van der Waals surface area contributed by atoms with Gasteiger partial charge in [0, 0.05) is 23.9 Å². The van der Waals surface area contributed by atoms with Crippen LogP contribution in [-0.4, -0.2) is 31.1 Å². The number of halogens is 1. The van der Waals surface area contributed by atoms with Gasteiger partial charge in [-0.3, -0.25) is 18.6 Å². The summed E-state index contributed by atoms with van der Waals surface area (Å²) in [6.45, 7) is 6.46. The third-order valence-corrected chi connectivity index (χ3v) is 6.55. The Morgan fingerprint density at radius 1 is 1.15 bits per heavy atom. The molecule has 9 heteroatoms. The standard InChI is InChI=1S/C24H26FN5O2S/c1-4-12-29-22(32)19-11-8-17(21(31)26-15(3)5-2)13-20(19)30-23(29)27-28-24(30)33-14-16-6-9-18(25)10-7-16/h6-11,13,15H,4-5,12,14H2,1-3H3,(H,26,31). The Balaban J connectivity index is 1.83. The Kier molecular flexibility index (Phi) is 6.78. The number of nitrogens with one attached hydrogen (secondary N) is 1. The summed E-state index contributed by atoms with van der Waals surface area (Å²) >= 11 is 1.44. The van der Waals surface area contributed by atoms with Crippen LogP contribution in [0.25, 0.3) is 16.7 Å². The average molecular weight is 468 g/mol. The van der Waals surface area contributed by atoms with Gasteiger partial charge in [-0.05, 0) is 55.7 Å². The highest BCUT2D eigenvalue weighted by atomic mass is 32.2. The van der Waals surface area contributed by atoms with Gasteiger partial charge in [0.2, 0.25) is 5.78 Å². The van der Waals surface area contributed by atoms with E-state index in [0.717, 1.165) is 18.4 Å². The number of carbonyl (C=O) groups is 1. The summed E-state index contributed by atoms with van der Waals surface area (Å²) < 4.78 is 16.7. The molecule has 0 aliphatic heterocycles. The normalized spacial score (nSPS) is 12.4. The van der Waals surface area contributed by atoms with Crippen LogP contribution in [0.15, 0.2) is 52.4 Å². The molecule has 2 heterocycles. The van der Waals surface area contributed by atoms with Crippen molar-refractivity contribution < 1.29 is 9.18 Å². The van der Waals surface area contributed by atoms with Crippen LogP contribution >= 0.6 is 11.8 Å². The Bertz CT molecular complexity index is 1360. The highest BCUT2D eigenvalue weighted by Crippen LogP contribution is 2.25. The van der Waals surface area contributed by atoms with Gasteiger partial charge in [-0.1, -0.05) is 37.7 Å². The zero-order valence-corrected chi connectivity index (χ0v) is 19.7. The van der Waals surface area contributed by atoms with Gasteiger partial charge in [-0.15, -0.1) is 10.2 Å². The maximum absolute atomic E-state index is 13.2. The van der Waals surface area contributed by atoms with Gasteiger partial charge in [0.05, 0.1) is 10.9 Å². The summed E-state index contributed by atoms with van der Waals surface area (Å²) in [5.74, 6) is 0.527. The van der Waals surface area contributed by atoms with Crippen molar-refractivity contribution in [2.24, 2.45) is 0 Å². The van der Waals surface area contributed by atoms with Gasteiger partial charge in [0.15, 0.2) is 5.16 Å². The molecular formula is C24H26FN5O2S. The van der Waals surface area contributed by atoms with E-state index in [2.05, 4.69) is 15.5 Å².